The predicted octanol–water partition coefficient (Wildman–Crippen LogP) is 4.34. The van der Waals surface area contributed by atoms with Gasteiger partial charge in [-0.2, -0.15) is 5.26 Å². The normalized spacial score (nSPS) is 17.6. The Bertz CT molecular complexity index is 1250. The first-order valence-corrected chi connectivity index (χ1v) is 11.6. The molecule has 174 valence electrons. The van der Waals surface area contributed by atoms with E-state index in [-0.39, 0.29) is 28.9 Å². The van der Waals surface area contributed by atoms with E-state index in [4.69, 9.17) is 4.74 Å². The number of anilines is 1. The lowest BCUT2D eigenvalue weighted by atomic mass is 9.77. The van der Waals surface area contributed by atoms with Crippen LogP contribution in [0.15, 0.2) is 64.3 Å². The van der Waals surface area contributed by atoms with Gasteiger partial charge in [0.2, 0.25) is 5.91 Å². The lowest BCUT2D eigenvalue weighted by Gasteiger charge is -2.33. The minimum Gasteiger partial charge on any atom is -0.504 e. The van der Waals surface area contributed by atoms with Gasteiger partial charge in [-0.15, -0.1) is 0 Å². The number of dihydropyridines is 1. The van der Waals surface area contributed by atoms with Crippen LogP contribution < -0.4 is 15.4 Å². The van der Waals surface area contributed by atoms with Crippen molar-refractivity contribution in [2.45, 2.75) is 25.2 Å². The van der Waals surface area contributed by atoms with Crippen LogP contribution in [0.4, 0.5) is 10.1 Å². The Morgan fingerprint density at radius 3 is 2.76 bits per heavy atom. The maximum absolute atomic E-state index is 13.1. The lowest BCUT2D eigenvalue weighted by Crippen LogP contribution is -2.31. The molecule has 7 nitrogen and oxygen atoms in total. The van der Waals surface area contributed by atoms with Gasteiger partial charge in [0.15, 0.2) is 17.3 Å². The molecule has 0 saturated heterocycles. The number of hydrogen-bond acceptors (Lipinski definition) is 7. The average Bonchev–Trinajstić information content (AvgIpc) is 2.84. The van der Waals surface area contributed by atoms with Gasteiger partial charge < -0.3 is 20.5 Å². The molecule has 9 heteroatoms. The number of Topliss-reactive ketones (excluding diaryl/α,β-unsaturated/α-hetero) is 1. The molecule has 2 aliphatic rings. The molecule has 0 unspecified atom stereocenters. The second kappa shape index (κ2) is 10.0. The lowest BCUT2D eigenvalue weighted by molar-refractivity contribution is -0.116. The third-order valence-corrected chi connectivity index (χ3v) is 6.69. The van der Waals surface area contributed by atoms with Crippen LogP contribution in [0.25, 0.3) is 0 Å². The number of phenolic OH excluding ortho intramolecular Hbond substituents is 1. The highest BCUT2D eigenvalue weighted by molar-refractivity contribution is 8.03. The summed E-state index contributed by atoms with van der Waals surface area (Å²) in [7, 11) is 1.43. The zero-order valence-corrected chi connectivity index (χ0v) is 19.2. The summed E-state index contributed by atoms with van der Waals surface area (Å²) < 4.78 is 18.3. The first-order valence-electron chi connectivity index (χ1n) is 10.6. The molecule has 0 saturated carbocycles. The Morgan fingerprint density at radius 2 is 2.06 bits per heavy atom. The summed E-state index contributed by atoms with van der Waals surface area (Å²) in [6, 6.07) is 12.4. The molecule has 1 heterocycles. The molecule has 4 rings (SSSR count). The summed E-state index contributed by atoms with van der Waals surface area (Å²) in [5.74, 6) is -1.17. The van der Waals surface area contributed by atoms with Crippen LogP contribution in [0.5, 0.6) is 11.5 Å². The molecule has 34 heavy (non-hydrogen) atoms. The molecule has 3 N–H and O–H groups in total. The molecule has 1 atom stereocenters. The molecule has 0 aromatic heterocycles. The number of allylic oxidation sites excluding steroid dienone is 3. The predicted molar refractivity (Wildman–Crippen MR) is 127 cm³/mol. The Labute approximate surface area is 200 Å². The van der Waals surface area contributed by atoms with Crippen molar-refractivity contribution in [2.24, 2.45) is 0 Å². The number of aromatic hydroxyl groups is 1. The maximum Gasteiger partial charge on any atom is 0.234 e. The molecule has 2 aromatic carbocycles. The van der Waals surface area contributed by atoms with Crippen molar-refractivity contribution in [1.82, 2.24) is 5.32 Å². The van der Waals surface area contributed by atoms with Gasteiger partial charge in [0.1, 0.15) is 5.82 Å². The van der Waals surface area contributed by atoms with Crippen LogP contribution in [-0.4, -0.2) is 29.7 Å². The minimum atomic E-state index is -0.633. The topological polar surface area (TPSA) is 111 Å². The van der Waals surface area contributed by atoms with E-state index < -0.39 is 11.7 Å². The van der Waals surface area contributed by atoms with Crippen molar-refractivity contribution in [3.05, 3.63) is 75.7 Å². The third-order valence-electron chi connectivity index (χ3n) is 5.68. The highest BCUT2D eigenvalue weighted by Gasteiger charge is 2.37. The molecule has 0 bridgehead atoms. The molecule has 0 radical (unpaired) electrons. The highest BCUT2D eigenvalue weighted by Crippen LogP contribution is 2.45. The number of ether oxygens (including phenoxy) is 1. The fraction of sp³-hybridized carbons (Fsp3) is 0.240. The number of ketones is 1. The Morgan fingerprint density at radius 1 is 1.29 bits per heavy atom. The molecule has 1 aliphatic carbocycles. The van der Waals surface area contributed by atoms with E-state index in [1.165, 1.54) is 37.4 Å². The van der Waals surface area contributed by atoms with Gasteiger partial charge in [0.25, 0.3) is 0 Å². The molecule has 2 aromatic rings. The number of hydrogen-bond donors (Lipinski definition) is 3. The van der Waals surface area contributed by atoms with Crippen LogP contribution >= 0.6 is 11.8 Å². The van der Waals surface area contributed by atoms with Gasteiger partial charge in [-0.3, -0.25) is 9.59 Å². The zero-order chi connectivity index (χ0) is 24.2. The summed E-state index contributed by atoms with van der Waals surface area (Å²) >= 11 is 1.16. The summed E-state index contributed by atoms with van der Waals surface area (Å²) in [6.07, 6.45) is 1.74. The maximum atomic E-state index is 13.1. The highest BCUT2D eigenvalue weighted by atomic mass is 32.2. The molecule has 0 fully saturated rings. The summed E-state index contributed by atoms with van der Waals surface area (Å²) in [5.41, 5.74) is 2.71. The Hall–Kier alpha value is -3.77. The van der Waals surface area contributed by atoms with Crippen LogP contribution in [0, 0.1) is 17.1 Å². The number of rotatable bonds is 6. The number of amides is 1. The van der Waals surface area contributed by atoms with E-state index in [9.17, 15) is 24.3 Å². The van der Waals surface area contributed by atoms with E-state index in [1.54, 1.807) is 12.1 Å². The van der Waals surface area contributed by atoms with Crippen molar-refractivity contribution in [3.8, 4) is 17.6 Å². The number of thioether (sulfide) groups is 1. The second-order valence-electron chi connectivity index (χ2n) is 7.86. The Balaban J connectivity index is 1.64. The second-order valence-corrected chi connectivity index (χ2v) is 8.84. The average molecular weight is 480 g/mol. The van der Waals surface area contributed by atoms with Gasteiger partial charge >= 0.3 is 0 Å². The number of phenols is 1. The number of nitrogens with one attached hydrogen (secondary N) is 2. The molecular weight excluding hydrogens is 457 g/mol. The largest absolute Gasteiger partial charge is 0.504 e. The third kappa shape index (κ3) is 4.77. The number of nitrogens with zero attached hydrogens (tertiary/aromatic N) is 1. The SMILES string of the molecule is COc1cc([C@@H]2C(C#N)=C(SCC(=O)Nc3ccc(F)cc3)NC3=C2C(=O)CCC3)ccc1O. The van der Waals surface area contributed by atoms with Gasteiger partial charge in [-0.25, -0.2) is 4.39 Å². The van der Waals surface area contributed by atoms with Crippen molar-refractivity contribution in [1.29, 1.82) is 5.26 Å². The van der Waals surface area contributed by atoms with Crippen molar-refractivity contribution in [3.63, 3.8) is 0 Å². The number of methoxy groups -OCH3 is 1. The van der Waals surface area contributed by atoms with Gasteiger partial charge in [-0.1, -0.05) is 17.8 Å². The van der Waals surface area contributed by atoms with E-state index in [1.807, 2.05) is 0 Å². The first kappa shape index (κ1) is 23.4. The minimum absolute atomic E-state index is 0.00701. The summed E-state index contributed by atoms with van der Waals surface area (Å²) in [4.78, 5) is 25.4. The standard InChI is InChI=1S/C25H22FN3O4S/c1-33-21-11-14(5-10-19(21)30)23-17(12-27)25(29-18-3-2-4-20(31)24(18)23)34-13-22(32)28-16-8-6-15(26)7-9-16/h5-11,23,29-30H,2-4,13H2,1H3,(H,28,32)/t23-/m1/s1. The molecule has 1 aliphatic heterocycles. The van der Waals surface area contributed by atoms with Crippen molar-refractivity contribution >= 4 is 29.1 Å². The van der Waals surface area contributed by atoms with Gasteiger partial charge in [0, 0.05) is 23.4 Å². The smallest absolute Gasteiger partial charge is 0.234 e. The molecular formula is C25H22FN3O4S. The van der Waals surface area contributed by atoms with E-state index >= 15 is 0 Å². The summed E-state index contributed by atoms with van der Waals surface area (Å²) in [5, 5.41) is 26.5. The van der Waals surface area contributed by atoms with E-state index in [0.29, 0.717) is 46.7 Å². The number of carbonyl (C=O) groups is 2. The van der Waals surface area contributed by atoms with Crippen LogP contribution in [0.2, 0.25) is 0 Å². The molecule has 1 amide bonds. The fourth-order valence-corrected chi connectivity index (χ4v) is 4.97. The van der Waals surface area contributed by atoms with Gasteiger partial charge in [0.05, 0.1) is 35.5 Å². The van der Waals surface area contributed by atoms with Crippen LogP contribution in [-0.2, 0) is 9.59 Å². The Kier molecular flexibility index (Phi) is 6.89. The van der Waals surface area contributed by atoms with Crippen molar-refractivity contribution < 1.29 is 23.8 Å². The van der Waals surface area contributed by atoms with Gasteiger partial charge in [-0.05, 0) is 54.8 Å². The van der Waals surface area contributed by atoms with Crippen LogP contribution in [0.1, 0.15) is 30.7 Å². The number of halogens is 1. The fourth-order valence-electron chi connectivity index (χ4n) is 4.11. The van der Waals surface area contributed by atoms with Crippen LogP contribution in [0.3, 0.4) is 0 Å². The summed E-state index contributed by atoms with van der Waals surface area (Å²) in [6.45, 7) is 0. The van der Waals surface area contributed by atoms with Crippen molar-refractivity contribution in [2.75, 3.05) is 18.2 Å². The first-order chi connectivity index (χ1) is 16.4. The number of carbonyl (C=O) groups excluding carboxylic acids is 2. The monoisotopic (exact) mass is 479 g/mol. The van der Waals surface area contributed by atoms with E-state index in [0.717, 1.165) is 17.5 Å². The number of nitriles is 1. The number of benzene rings is 2. The quantitative estimate of drug-likeness (QED) is 0.565. The van der Waals surface area contributed by atoms with E-state index in [2.05, 4.69) is 16.7 Å². The zero-order valence-electron chi connectivity index (χ0n) is 18.4. The molecule has 0 spiro atoms.